The van der Waals surface area contributed by atoms with E-state index in [0.29, 0.717) is 23.3 Å². The summed E-state index contributed by atoms with van der Waals surface area (Å²) >= 11 is 6.16. The predicted octanol–water partition coefficient (Wildman–Crippen LogP) is 4.86. The minimum Gasteiger partial charge on any atom is -0.338 e. The van der Waals surface area contributed by atoms with Crippen molar-refractivity contribution in [2.75, 3.05) is 0 Å². The first-order valence-electron chi connectivity index (χ1n) is 7.95. The van der Waals surface area contributed by atoms with Gasteiger partial charge in [-0.25, -0.2) is 4.39 Å². The molecule has 0 saturated carbocycles. The van der Waals surface area contributed by atoms with E-state index < -0.39 is 5.54 Å². The van der Waals surface area contributed by atoms with Crippen molar-refractivity contribution in [3.63, 3.8) is 0 Å². The molecule has 0 radical (unpaired) electrons. The van der Waals surface area contributed by atoms with Crippen LogP contribution in [0.3, 0.4) is 0 Å². The van der Waals surface area contributed by atoms with Gasteiger partial charge in [-0.3, -0.25) is 5.32 Å². The fourth-order valence-electron chi connectivity index (χ4n) is 2.62. The van der Waals surface area contributed by atoms with Crippen molar-refractivity contribution < 1.29 is 8.91 Å². The number of aromatic nitrogens is 2. The fourth-order valence-corrected chi connectivity index (χ4v) is 3.02. The van der Waals surface area contributed by atoms with Gasteiger partial charge in [0.15, 0.2) is 0 Å². The largest absolute Gasteiger partial charge is 0.338 e. The summed E-state index contributed by atoms with van der Waals surface area (Å²) in [5, 5.41) is 7.73. The molecule has 6 heteroatoms. The highest BCUT2D eigenvalue weighted by Crippen LogP contribution is 2.28. The van der Waals surface area contributed by atoms with E-state index in [1.54, 1.807) is 6.07 Å². The lowest BCUT2D eigenvalue weighted by Crippen LogP contribution is -2.36. The van der Waals surface area contributed by atoms with Crippen molar-refractivity contribution in [1.29, 1.82) is 0 Å². The van der Waals surface area contributed by atoms with Crippen molar-refractivity contribution in [1.82, 2.24) is 15.5 Å². The number of benzene rings is 2. The Hall–Kier alpha value is -2.24. The molecule has 0 spiro atoms. The van der Waals surface area contributed by atoms with Crippen LogP contribution in [0.25, 0.3) is 11.4 Å². The van der Waals surface area contributed by atoms with Gasteiger partial charge in [-0.1, -0.05) is 46.6 Å². The van der Waals surface area contributed by atoms with Gasteiger partial charge in [-0.05, 0) is 44.5 Å². The Balaban J connectivity index is 1.73. The molecule has 0 bridgehead atoms. The normalized spacial score (nSPS) is 11.7. The lowest BCUT2D eigenvalue weighted by Gasteiger charge is -2.27. The Morgan fingerprint density at radius 3 is 2.72 bits per heavy atom. The number of hydrogen-bond donors (Lipinski definition) is 1. The second-order valence-corrected chi connectivity index (χ2v) is 6.89. The summed E-state index contributed by atoms with van der Waals surface area (Å²) in [7, 11) is 0. The Bertz CT molecular complexity index is 892. The smallest absolute Gasteiger partial charge is 0.240 e. The van der Waals surface area contributed by atoms with Crippen LogP contribution in [0, 0.1) is 12.7 Å². The molecule has 4 nitrogen and oxygen atoms in total. The van der Waals surface area contributed by atoms with Gasteiger partial charge in [0, 0.05) is 16.1 Å². The average molecular weight is 360 g/mol. The molecule has 0 fully saturated rings. The highest BCUT2D eigenvalue weighted by atomic mass is 35.5. The summed E-state index contributed by atoms with van der Waals surface area (Å²) in [4.78, 5) is 4.42. The molecular formula is C19H19ClFN3O. The number of hydrogen-bond acceptors (Lipinski definition) is 4. The molecule has 0 aliphatic carbocycles. The average Bonchev–Trinajstić information content (AvgIpc) is 3.02. The topological polar surface area (TPSA) is 51.0 Å². The maximum Gasteiger partial charge on any atom is 0.240 e. The Morgan fingerprint density at radius 1 is 1.20 bits per heavy atom. The number of nitrogens with zero attached hydrogens (tertiary/aromatic N) is 2. The van der Waals surface area contributed by atoms with Gasteiger partial charge < -0.3 is 4.52 Å². The second-order valence-electron chi connectivity index (χ2n) is 6.48. The number of aryl methyl sites for hydroxylation is 1. The molecule has 0 aliphatic rings. The molecule has 3 aromatic rings. The van der Waals surface area contributed by atoms with Gasteiger partial charge in [0.05, 0.1) is 6.54 Å². The van der Waals surface area contributed by atoms with E-state index >= 15 is 0 Å². The van der Waals surface area contributed by atoms with Crippen LogP contribution in [0.5, 0.6) is 0 Å². The minimum atomic E-state index is -0.483. The van der Waals surface area contributed by atoms with Crippen LogP contribution in [0.4, 0.5) is 4.39 Å². The summed E-state index contributed by atoms with van der Waals surface area (Å²) in [5.41, 5.74) is 2.36. The molecule has 0 amide bonds. The molecule has 2 aromatic carbocycles. The zero-order valence-corrected chi connectivity index (χ0v) is 15.1. The van der Waals surface area contributed by atoms with Crippen LogP contribution in [0.1, 0.15) is 30.9 Å². The summed E-state index contributed by atoms with van der Waals surface area (Å²) in [5.74, 6) is 0.671. The molecule has 1 aromatic heterocycles. The van der Waals surface area contributed by atoms with Gasteiger partial charge in [0.25, 0.3) is 0 Å². The Kier molecular flexibility index (Phi) is 4.88. The van der Waals surface area contributed by atoms with Crippen LogP contribution < -0.4 is 5.32 Å². The van der Waals surface area contributed by atoms with E-state index in [-0.39, 0.29) is 5.82 Å². The van der Waals surface area contributed by atoms with Crippen molar-refractivity contribution in [3.05, 3.63) is 70.3 Å². The van der Waals surface area contributed by atoms with E-state index in [1.807, 2.05) is 45.0 Å². The summed E-state index contributed by atoms with van der Waals surface area (Å²) < 4.78 is 18.6. The van der Waals surface area contributed by atoms with Gasteiger partial charge in [0.1, 0.15) is 5.82 Å². The van der Waals surface area contributed by atoms with Crippen molar-refractivity contribution in [3.8, 4) is 11.4 Å². The molecule has 3 rings (SSSR count). The van der Waals surface area contributed by atoms with E-state index in [2.05, 4.69) is 15.5 Å². The third-order valence-electron chi connectivity index (χ3n) is 4.03. The van der Waals surface area contributed by atoms with Gasteiger partial charge in [0.2, 0.25) is 11.7 Å². The van der Waals surface area contributed by atoms with Crippen LogP contribution in [-0.4, -0.2) is 10.1 Å². The molecule has 0 saturated heterocycles. The van der Waals surface area contributed by atoms with Crippen LogP contribution in [0.15, 0.2) is 47.0 Å². The first kappa shape index (κ1) is 17.6. The zero-order valence-electron chi connectivity index (χ0n) is 14.3. The van der Waals surface area contributed by atoms with E-state index in [4.69, 9.17) is 16.1 Å². The summed E-state index contributed by atoms with van der Waals surface area (Å²) in [6.45, 7) is 6.31. The lowest BCUT2D eigenvalue weighted by atomic mass is 9.94. The van der Waals surface area contributed by atoms with Gasteiger partial charge in [-0.15, -0.1) is 0 Å². The molecule has 0 unspecified atom stereocenters. The maximum absolute atomic E-state index is 13.2. The molecular weight excluding hydrogens is 341 g/mol. The van der Waals surface area contributed by atoms with Crippen LogP contribution in [-0.2, 0) is 12.1 Å². The van der Waals surface area contributed by atoms with Crippen molar-refractivity contribution in [2.45, 2.75) is 32.9 Å². The van der Waals surface area contributed by atoms with Gasteiger partial charge in [-0.2, -0.15) is 4.98 Å². The van der Waals surface area contributed by atoms with Crippen molar-refractivity contribution in [2.24, 2.45) is 0 Å². The second kappa shape index (κ2) is 6.94. The van der Waals surface area contributed by atoms with Crippen LogP contribution >= 0.6 is 11.6 Å². The highest BCUT2D eigenvalue weighted by molar-refractivity contribution is 6.31. The monoisotopic (exact) mass is 359 g/mol. The summed E-state index contributed by atoms with van der Waals surface area (Å²) in [6, 6.07) is 12.3. The summed E-state index contributed by atoms with van der Waals surface area (Å²) in [6.07, 6.45) is 0. The molecule has 1 N–H and O–H groups in total. The first-order chi connectivity index (χ1) is 11.8. The van der Waals surface area contributed by atoms with E-state index in [1.165, 1.54) is 12.1 Å². The van der Waals surface area contributed by atoms with E-state index in [9.17, 15) is 4.39 Å². The Morgan fingerprint density at radius 2 is 2.00 bits per heavy atom. The molecule has 1 heterocycles. The maximum atomic E-state index is 13.2. The standard InChI is InChI=1S/C19H19ClFN3O/c1-12-5-4-6-13(9-12)18-23-17(25-24-18)11-22-19(2,3)15-8-7-14(21)10-16(15)20/h4-10,22H,11H2,1-3H3. The van der Waals surface area contributed by atoms with Crippen LogP contribution in [0.2, 0.25) is 5.02 Å². The SMILES string of the molecule is Cc1cccc(-c2noc(CNC(C)(C)c3ccc(F)cc3Cl)n2)c1. The predicted molar refractivity (Wildman–Crippen MR) is 95.7 cm³/mol. The van der Waals surface area contributed by atoms with Gasteiger partial charge >= 0.3 is 0 Å². The lowest BCUT2D eigenvalue weighted by molar-refractivity contribution is 0.327. The molecule has 0 atom stereocenters. The number of halogens is 2. The quantitative estimate of drug-likeness (QED) is 0.706. The van der Waals surface area contributed by atoms with E-state index in [0.717, 1.165) is 16.7 Å². The third kappa shape index (κ3) is 4.06. The fraction of sp³-hybridized carbons (Fsp3) is 0.263. The molecule has 25 heavy (non-hydrogen) atoms. The highest BCUT2D eigenvalue weighted by Gasteiger charge is 2.24. The minimum absolute atomic E-state index is 0.357. The molecule has 130 valence electrons. The number of rotatable bonds is 5. The first-order valence-corrected chi connectivity index (χ1v) is 8.33. The third-order valence-corrected chi connectivity index (χ3v) is 4.34. The zero-order chi connectivity index (χ0) is 18.0. The number of nitrogens with one attached hydrogen (secondary N) is 1. The Labute approximate surface area is 151 Å². The van der Waals surface area contributed by atoms with Crippen molar-refractivity contribution >= 4 is 11.6 Å². The molecule has 0 aliphatic heterocycles.